The molecule has 3 rings (SSSR count). The second-order valence-corrected chi connectivity index (χ2v) is 6.90. The lowest BCUT2D eigenvalue weighted by atomic mass is 10.1. The van der Waals surface area contributed by atoms with E-state index in [9.17, 15) is 0 Å². The molecule has 0 amide bonds. The third-order valence-electron chi connectivity index (χ3n) is 3.62. The molecule has 0 bridgehead atoms. The van der Waals surface area contributed by atoms with Crippen molar-refractivity contribution in [1.29, 1.82) is 0 Å². The van der Waals surface area contributed by atoms with E-state index >= 15 is 0 Å². The Morgan fingerprint density at radius 3 is 2.40 bits per heavy atom. The molecule has 1 saturated heterocycles. The van der Waals surface area contributed by atoms with E-state index < -0.39 is 0 Å². The highest BCUT2D eigenvalue weighted by atomic mass is 32.2. The number of methoxy groups -OCH3 is 2. The molecule has 0 radical (unpaired) electrons. The van der Waals surface area contributed by atoms with Crippen LogP contribution in [-0.4, -0.2) is 38.9 Å². The van der Waals surface area contributed by atoms with Gasteiger partial charge in [-0.3, -0.25) is 0 Å². The molecule has 0 aromatic heterocycles. The molecule has 0 spiro atoms. The first kappa shape index (κ1) is 13.6. The van der Waals surface area contributed by atoms with Crippen molar-refractivity contribution >= 4 is 21.7 Å². The van der Waals surface area contributed by atoms with Gasteiger partial charge >= 0.3 is 0 Å². The third kappa shape index (κ3) is 2.34. The van der Waals surface area contributed by atoms with E-state index in [4.69, 9.17) is 14.2 Å². The van der Waals surface area contributed by atoms with E-state index in [1.807, 2.05) is 12.1 Å². The summed E-state index contributed by atoms with van der Waals surface area (Å²) in [6, 6.07) is 10.4. The van der Waals surface area contributed by atoms with Gasteiger partial charge in [-0.05, 0) is 18.2 Å². The standard InChI is InChI=1S/C16H19O3S/c1-17-13-6-7-15(20-10-8-19-9-11-20)16-12(13)4-3-5-14(16)18-2/h3-7H,8-11H2,1-2H3/q+1. The summed E-state index contributed by atoms with van der Waals surface area (Å²) in [5, 5.41) is 2.32. The highest BCUT2D eigenvalue weighted by molar-refractivity contribution is 7.97. The first-order valence-electron chi connectivity index (χ1n) is 6.74. The Morgan fingerprint density at radius 1 is 0.950 bits per heavy atom. The van der Waals surface area contributed by atoms with Gasteiger partial charge in [0.15, 0.2) is 4.90 Å². The average Bonchev–Trinajstić information content (AvgIpc) is 2.54. The molecule has 4 heteroatoms. The van der Waals surface area contributed by atoms with Crippen LogP contribution in [0.3, 0.4) is 0 Å². The Balaban J connectivity index is 2.20. The molecule has 1 aliphatic rings. The Labute approximate surface area is 122 Å². The van der Waals surface area contributed by atoms with Crippen molar-refractivity contribution in [2.75, 3.05) is 38.9 Å². The molecule has 20 heavy (non-hydrogen) atoms. The monoisotopic (exact) mass is 291 g/mol. The van der Waals surface area contributed by atoms with E-state index in [-0.39, 0.29) is 10.9 Å². The van der Waals surface area contributed by atoms with Crippen molar-refractivity contribution in [3.63, 3.8) is 0 Å². The van der Waals surface area contributed by atoms with Crippen LogP contribution in [0.4, 0.5) is 0 Å². The van der Waals surface area contributed by atoms with Crippen LogP contribution in [0.15, 0.2) is 35.2 Å². The maximum absolute atomic E-state index is 5.58. The molecular weight excluding hydrogens is 272 g/mol. The van der Waals surface area contributed by atoms with Gasteiger partial charge in [-0.25, -0.2) is 0 Å². The molecule has 0 N–H and O–H groups in total. The van der Waals surface area contributed by atoms with Crippen molar-refractivity contribution in [1.82, 2.24) is 0 Å². The summed E-state index contributed by atoms with van der Waals surface area (Å²) in [6.45, 7) is 1.71. The summed E-state index contributed by atoms with van der Waals surface area (Å²) in [5.41, 5.74) is 0. The van der Waals surface area contributed by atoms with Crippen LogP contribution < -0.4 is 9.47 Å². The van der Waals surface area contributed by atoms with Gasteiger partial charge in [0.2, 0.25) is 0 Å². The zero-order valence-corrected chi connectivity index (χ0v) is 12.7. The number of rotatable bonds is 3. The molecule has 2 aromatic carbocycles. The SMILES string of the molecule is COc1ccc([S+]2CCOCC2)c2c(OC)cccc12. The zero-order valence-electron chi connectivity index (χ0n) is 11.8. The second kappa shape index (κ2) is 5.94. The average molecular weight is 291 g/mol. The molecule has 0 atom stereocenters. The summed E-state index contributed by atoms with van der Waals surface area (Å²) < 4.78 is 16.6. The van der Waals surface area contributed by atoms with Crippen molar-refractivity contribution < 1.29 is 14.2 Å². The fraction of sp³-hybridized carbons (Fsp3) is 0.375. The Morgan fingerprint density at radius 2 is 1.70 bits per heavy atom. The quantitative estimate of drug-likeness (QED) is 0.814. The van der Waals surface area contributed by atoms with Crippen LogP contribution in [0.1, 0.15) is 0 Å². The summed E-state index contributed by atoms with van der Waals surface area (Å²) in [6.07, 6.45) is 0. The van der Waals surface area contributed by atoms with Crippen LogP contribution in [0.25, 0.3) is 10.8 Å². The first-order valence-corrected chi connectivity index (χ1v) is 8.30. The summed E-state index contributed by atoms with van der Waals surface area (Å²) >= 11 is 0. The zero-order chi connectivity index (χ0) is 13.9. The van der Waals surface area contributed by atoms with Crippen LogP contribution in [0.5, 0.6) is 11.5 Å². The Kier molecular flexibility index (Phi) is 4.03. The van der Waals surface area contributed by atoms with Crippen LogP contribution in [0.2, 0.25) is 0 Å². The van der Waals surface area contributed by atoms with Crippen molar-refractivity contribution in [3.8, 4) is 11.5 Å². The maximum Gasteiger partial charge on any atom is 0.166 e. The van der Waals surface area contributed by atoms with Crippen LogP contribution >= 0.6 is 0 Å². The third-order valence-corrected chi connectivity index (χ3v) is 5.90. The second-order valence-electron chi connectivity index (χ2n) is 4.66. The van der Waals surface area contributed by atoms with E-state index in [1.165, 1.54) is 10.3 Å². The Bertz CT molecular complexity index is 606. The Hall–Kier alpha value is -1.39. The van der Waals surface area contributed by atoms with Crippen molar-refractivity contribution in [2.24, 2.45) is 0 Å². The summed E-state index contributed by atoms with van der Waals surface area (Å²) in [7, 11) is 3.67. The smallest absolute Gasteiger partial charge is 0.166 e. The molecule has 1 fully saturated rings. The van der Waals surface area contributed by atoms with E-state index in [2.05, 4.69) is 18.2 Å². The molecule has 2 aromatic rings. The molecule has 0 saturated carbocycles. The maximum atomic E-state index is 5.58. The van der Waals surface area contributed by atoms with Crippen LogP contribution in [0, 0.1) is 0 Å². The first-order chi connectivity index (χ1) is 9.85. The van der Waals surface area contributed by atoms with Crippen molar-refractivity contribution in [3.05, 3.63) is 30.3 Å². The highest BCUT2D eigenvalue weighted by Gasteiger charge is 2.29. The predicted molar refractivity (Wildman–Crippen MR) is 83.2 cm³/mol. The summed E-state index contributed by atoms with van der Waals surface area (Å²) in [4.78, 5) is 1.38. The minimum absolute atomic E-state index is 0.235. The topological polar surface area (TPSA) is 27.7 Å². The van der Waals surface area contributed by atoms with Gasteiger partial charge in [-0.15, -0.1) is 0 Å². The lowest BCUT2D eigenvalue weighted by Gasteiger charge is -2.17. The lowest BCUT2D eigenvalue weighted by molar-refractivity contribution is 0.159. The van der Waals surface area contributed by atoms with Gasteiger partial charge in [0.1, 0.15) is 23.0 Å². The minimum Gasteiger partial charge on any atom is -0.496 e. The number of hydrogen-bond acceptors (Lipinski definition) is 3. The molecule has 0 unspecified atom stereocenters. The fourth-order valence-electron chi connectivity index (χ4n) is 2.65. The summed E-state index contributed by atoms with van der Waals surface area (Å²) in [5.74, 6) is 4.02. The number of ether oxygens (including phenoxy) is 3. The van der Waals surface area contributed by atoms with E-state index in [1.54, 1.807) is 14.2 Å². The van der Waals surface area contributed by atoms with Crippen LogP contribution in [-0.2, 0) is 15.6 Å². The molecule has 3 nitrogen and oxygen atoms in total. The molecule has 0 aliphatic carbocycles. The molecule has 1 heterocycles. The predicted octanol–water partition coefficient (Wildman–Crippen LogP) is 2.86. The van der Waals surface area contributed by atoms with Gasteiger partial charge in [0.25, 0.3) is 0 Å². The van der Waals surface area contributed by atoms with E-state index in [0.717, 1.165) is 41.6 Å². The molecular formula is C16H19O3S+. The van der Waals surface area contributed by atoms with Crippen molar-refractivity contribution in [2.45, 2.75) is 4.90 Å². The number of benzene rings is 2. The van der Waals surface area contributed by atoms with Gasteiger partial charge in [-0.1, -0.05) is 12.1 Å². The number of hydrogen-bond donors (Lipinski definition) is 0. The van der Waals surface area contributed by atoms with Gasteiger partial charge in [0.05, 0.1) is 32.8 Å². The van der Waals surface area contributed by atoms with Gasteiger partial charge < -0.3 is 14.2 Å². The normalized spacial score (nSPS) is 16.3. The van der Waals surface area contributed by atoms with E-state index in [0.29, 0.717) is 0 Å². The van der Waals surface area contributed by atoms with Gasteiger partial charge in [-0.2, -0.15) is 0 Å². The van der Waals surface area contributed by atoms with Gasteiger partial charge in [0, 0.05) is 16.3 Å². The molecule has 106 valence electrons. The largest absolute Gasteiger partial charge is 0.496 e. The minimum atomic E-state index is 0.235. The fourth-order valence-corrected chi connectivity index (χ4v) is 4.69. The lowest BCUT2D eigenvalue weighted by Crippen LogP contribution is -2.26. The molecule has 1 aliphatic heterocycles. The number of fused-ring (bicyclic) bond motifs is 1. The highest BCUT2D eigenvalue weighted by Crippen LogP contribution is 2.38.